The summed E-state index contributed by atoms with van der Waals surface area (Å²) >= 11 is 5.52. The van der Waals surface area contributed by atoms with E-state index in [4.69, 9.17) is 11.6 Å². The molecule has 0 aliphatic carbocycles. The Balaban J connectivity index is 2.25. The van der Waals surface area contributed by atoms with Crippen LogP contribution in [0.5, 0.6) is 0 Å². The van der Waals surface area contributed by atoms with Crippen LogP contribution in [0.4, 0.5) is 10.2 Å². The van der Waals surface area contributed by atoms with E-state index in [9.17, 15) is 14.0 Å². The van der Waals surface area contributed by atoms with Crippen LogP contribution >= 0.6 is 11.6 Å². The van der Waals surface area contributed by atoms with E-state index in [0.29, 0.717) is 5.69 Å². The number of carbonyl (C=O) groups is 1. The van der Waals surface area contributed by atoms with Gasteiger partial charge in [-0.25, -0.2) is 9.18 Å². The number of carbonyl (C=O) groups excluding carboxylic acids is 1. The SMILES string of the molecule is Cc1cc(NC(=O)c2ccc(Cl)c(F)c2)nc(=O)[nH]1. The van der Waals surface area contributed by atoms with Gasteiger partial charge in [0.1, 0.15) is 11.6 Å². The molecule has 0 fully saturated rings. The second kappa shape index (κ2) is 5.19. The van der Waals surface area contributed by atoms with Gasteiger partial charge in [-0.1, -0.05) is 11.6 Å². The third kappa shape index (κ3) is 3.17. The van der Waals surface area contributed by atoms with Crippen molar-refractivity contribution in [3.05, 3.63) is 56.8 Å². The van der Waals surface area contributed by atoms with Crippen molar-refractivity contribution in [3.63, 3.8) is 0 Å². The third-order valence-corrected chi connectivity index (χ3v) is 2.61. The minimum absolute atomic E-state index is 0.0679. The normalized spacial score (nSPS) is 10.3. The lowest BCUT2D eigenvalue weighted by atomic mass is 10.2. The minimum atomic E-state index is -0.690. The van der Waals surface area contributed by atoms with Crippen LogP contribution < -0.4 is 11.0 Å². The zero-order valence-corrected chi connectivity index (χ0v) is 10.6. The highest BCUT2D eigenvalue weighted by Gasteiger charge is 2.10. The van der Waals surface area contributed by atoms with E-state index in [1.807, 2.05) is 0 Å². The van der Waals surface area contributed by atoms with Crippen molar-refractivity contribution in [2.24, 2.45) is 0 Å². The Labute approximate surface area is 112 Å². The number of aryl methyl sites for hydroxylation is 1. The van der Waals surface area contributed by atoms with Crippen molar-refractivity contribution in [2.45, 2.75) is 6.92 Å². The van der Waals surface area contributed by atoms with Crippen LogP contribution in [0, 0.1) is 12.7 Å². The molecule has 0 saturated heterocycles. The van der Waals surface area contributed by atoms with Crippen LogP contribution in [0.3, 0.4) is 0 Å². The summed E-state index contributed by atoms with van der Waals surface area (Å²) < 4.78 is 13.2. The highest BCUT2D eigenvalue weighted by atomic mass is 35.5. The summed E-state index contributed by atoms with van der Waals surface area (Å²) in [6.07, 6.45) is 0. The number of anilines is 1. The van der Waals surface area contributed by atoms with Gasteiger partial charge in [0.05, 0.1) is 5.02 Å². The Morgan fingerprint density at radius 2 is 2.16 bits per heavy atom. The van der Waals surface area contributed by atoms with E-state index in [1.165, 1.54) is 18.2 Å². The second-order valence-corrected chi connectivity index (χ2v) is 4.24. The maximum absolute atomic E-state index is 13.2. The Morgan fingerprint density at radius 3 is 2.79 bits per heavy atom. The molecule has 0 radical (unpaired) electrons. The zero-order chi connectivity index (χ0) is 14.0. The molecule has 0 bridgehead atoms. The molecule has 2 N–H and O–H groups in total. The number of halogens is 2. The van der Waals surface area contributed by atoms with Gasteiger partial charge in [-0.05, 0) is 25.1 Å². The average molecular weight is 282 g/mol. The molecule has 0 aliphatic heterocycles. The van der Waals surface area contributed by atoms with Gasteiger partial charge in [0.2, 0.25) is 0 Å². The maximum Gasteiger partial charge on any atom is 0.347 e. The van der Waals surface area contributed by atoms with Gasteiger partial charge in [-0.2, -0.15) is 4.98 Å². The summed E-state index contributed by atoms with van der Waals surface area (Å²) in [6.45, 7) is 1.65. The number of aromatic nitrogens is 2. The Hall–Kier alpha value is -2.21. The monoisotopic (exact) mass is 281 g/mol. The number of hydrogen-bond donors (Lipinski definition) is 2. The molecule has 5 nitrogen and oxygen atoms in total. The molecule has 1 heterocycles. The van der Waals surface area contributed by atoms with Crippen LogP contribution in [0.1, 0.15) is 16.1 Å². The number of nitrogens with zero attached hydrogens (tertiary/aromatic N) is 1. The van der Waals surface area contributed by atoms with Crippen LogP contribution in [-0.2, 0) is 0 Å². The number of amides is 1. The topological polar surface area (TPSA) is 74.8 Å². The molecule has 7 heteroatoms. The molecule has 19 heavy (non-hydrogen) atoms. The van der Waals surface area contributed by atoms with Crippen LogP contribution in [0.2, 0.25) is 5.02 Å². The molecular weight excluding hydrogens is 273 g/mol. The van der Waals surface area contributed by atoms with Crippen molar-refractivity contribution < 1.29 is 9.18 Å². The van der Waals surface area contributed by atoms with Crippen LogP contribution in [0.25, 0.3) is 0 Å². The van der Waals surface area contributed by atoms with E-state index in [0.717, 1.165) is 6.07 Å². The summed E-state index contributed by atoms with van der Waals surface area (Å²) in [4.78, 5) is 29.0. The van der Waals surface area contributed by atoms with Gasteiger partial charge in [0.25, 0.3) is 5.91 Å². The molecule has 2 rings (SSSR count). The molecule has 1 aromatic heterocycles. The number of hydrogen-bond acceptors (Lipinski definition) is 3. The smallest absolute Gasteiger partial charge is 0.310 e. The van der Waals surface area contributed by atoms with E-state index in [1.54, 1.807) is 6.92 Å². The predicted molar refractivity (Wildman–Crippen MR) is 69.0 cm³/mol. The maximum atomic E-state index is 13.2. The molecule has 1 aromatic carbocycles. The fourth-order valence-corrected chi connectivity index (χ4v) is 1.59. The Kier molecular flexibility index (Phi) is 3.62. The molecule has 1 amide bonds. The molecule has 0 atom stereocenters. The van der Waals surface area contributed by atoms with Gasteiger partial charge >= 0.3 is 5.69 Å². The van der Waals surface area contributed by atoms with Crippen LogP contribution in [-0.4, -0.2) is 15.9 Å². The first-order chi connectivity index (χ1) is 8.95. The van der Waals surface area contributed by atoms with Gasteiger partial charge in [0, 0.05) is 17.3 Å². The van der Waals surface area contributed by atoms with Gasteiger partial charge in [-0.3, -0.25) is 4.79 Å². The summed E-state index contributed by atoms with van der Waals surface area (Å²) in [5, 5.41) is 2.34. The number of rotatable bonds is 2. The minimum Gasteiger partial charge on any atom is -0.310 e. The predicted octanol–water partition coefficient (Wildman–Crippen LogP) is 2.12. The Morgan fingerprint density at radius 1 is 1.42 bits per heavy atom. The third-order valence-electron chi connectivity index (χ3n) is 2.30. The molecule has 98 valence electrons. The first-order valence-electron chi connectivity index (χ1n) is 5.30. The van der Waals surface area contributed by atoms with Gasteiger partial charge in [-0.15, -0.1) is 0 Å². The van der Waals surface area contributed by atoms with Crippen molar-refractivity contribution in [1.29, 1.82) is 0 Å². The lowest BCUT2D eigenvalue weighted by Crippen LogP contribution is -2.19. The average Bonchev–Trinajstić information content (AvgIpc) is 2.31. The second-order valence-electron chi connectivity index (χ2n) is 3.84. The number of H-pyrrole nitrogens is 1. The van der Waals surface area contributed by atoms with E-state index in [2.05, 4.69) is 15.3 Å². The highest BCUT2D eigenvalue weighted by molar-refractivity contribution is 6.30. The lowest BCUT2D eigenvalue weighted by Gasteiger charge is -2.05. The fourth-order valence-electron chi connectivity index (χ4n) is 1.47. The summed E-state index contributed by atoms with van der Waals surface area (Å²) in [5.41, 5.74) is 0.0665. The largest absolute Gasteiger partial charge is 0.347 e. The Bertz CT molecular complexity index is 700. The lowest BCUT2D eigenvalue weighted by molar-refractivity contribution is 0.102. The summed E-state index contributed by atoms with van der Waals surface area (Å²) in [7, 11) is 0. The molecule has 2 aromatic rings. The number of aromatic amines is 1. The van der Waals surface area contributed by atoms with Gasteiger partial charge in [0.15, 0.2) is 0 Å². The highest BCUT2D eigenvalue weighted by Crippen LogP contribution is 2.16. The number of benzene rings is 1. The molecule has 0 saturated carbocycles. The summed E-state index contributed by atoms with van der Waals surface area (Å²) in [5.74, 6) is -1.17. The van der Waals surface area contributed by atoms with Crippen LogP contribution in [0.15, 0.2) is 29.1 Å². The molecule has 0 unspecified atom stereocenters. The quantitative estimate of drug-likeness (QED) is 0.885. The van der Waals surface area contributed by atoms with Crippen molar-refractivity contribution in [1.82, 2.24) is 9.97 Å². The van der Waals surface area contributed by atoms with Crippen molar-refractivity contribution in [3.8, 4) is 0 Å². The molecule has 0 aliphatic rings. The standard InChI is InChI=1S/C12H9ClFN3O2/c1-6-4-10(17-12(19)15-6)16-11(18)7-2-3-8(13)9(14)5-7/h2-5H,1H3,(H2,15,16,17,18,19). The molecule has 0 spiro atoms. The fraction of sp³-hybridized carbons (Fsp3) is 0.0833. The molecular formula is C12H9ClFN3O2. The number of nitrogens with one attached hydrogen (secondary N) is 2. The summed E-state index contributed by atoms with van der Waals surface area (Å²) in [6, 6.07) is 5.16. The first-order valence-corrected chi connectivity index (χ1v) is 5.68. The zero-order valence-electron chi connectivity index (χ0n) is 9.83. The van der Waals surface area contributed by atoms with E-state index in [-0.39, 0.29) is 16.4 Å². The first kappa shape index (κ1) is 13.2. The van der Waals surface area contributed by atoms with E-state index < -0.39 is 17.4 Å². The van der Waals surface area contributed by atoms with Gasteiger partial charge < -0.3 is 10.3 Å². The van der Waals surface area contributed by atoms with Crippen molar-refractivity contribution in [2.75, 3.05) is 5.32 Å². The van der Waals surface area contributed by atoms with E-state index >= 15 is 0 Å². The van der Waals surface area contributed by atoms with Crippen molar-refractivity contribution >= 4 is 23.3 Å².